The minimum Gasteiger partial charge on any atom is -0.493 e. The van der Waals surface area contributed by atoms with Gasteiger partial charge < -0.3 is 15.2 Å². The molecule has 1 heterocycles. The van der Waals surface area contributed by atoms with Crippen LogP contribution < -0.4 is 10.1 Å². The number of hydrogen-bond acceptors (Lipinski definition) is 3. The van der Waals surface area contributed by atoms with Crippen LogP contribution in [0.4, 0.5) is 0 Å². The highest BCUT2D eigenvalue weighted by Crippen LogP contribution is 2.32. The number of fused-ring (bicyclic) bond motifs is 1. The first-order chi connectivity index (χ1) is 8.31. The monoisotopic (exact) mass is 299 g/mol. The van der Waals surface area contributed by atoms with E-state index in [1.165, 1.54) is 11.1 Å². The van der Waals surface area contributed by atoms with Crippen LogP contribution in [0.15, 0.2) is 16.6 Å². The van der Waals surface area contributed by atoms with Crippen molar-refractivity contribution in [2.45, 2.75) is 25.8 Å². The molecule has 0 unspecified atom stereocenters. The molecule has 3 nitrogen and oxygen atoms in total. The van der Waals surface area contributed by atoms with Crippen molar-refractivity contribution in [2.24, 2.45) is 0 Å². The van der Waals surface area contributed by atoms with Crippen LogP contribution in [0.2, 0.25) is 0 Å². The predicted octanol–water partition coefficient (Wildman–Crippen LogP) is 2.25. The van der Waals surface area contributed by atoms with Crippen molar-refractivity contribution < 1.29 is 9.84 Å². The summed E-state index contributed by atoms with van der Waals surface area (Å²) in [6, 6.07) is 4.25. The fraction of sp³-hybridized carbons (Fsp3) is 0.538. The number of unbranched alkanes of at least 4 members (excludes halogenated alkanes) is 1. The number of benzene rings is 1. The van der Waals surface area contributed by atoms with E-state index in [1.807, 2.05) is 0 Å². The van der Waals surface area contributed by atoms with Gasteiger partial charge in [-0.3, -0.25) is 0 Å². The molecule has 0 spiro atoms. The zero-order valence-corrected chi connectivity index (χ0v) is 11.4. The summed E-state index contributed by atoms with van der Waals surface area (Å²) >= 11 is 3.53. The number of hydrogen-bond donors (Lipinski definition) is 2. The molecule has 0 bridgehead atoms. The standard InChI is InChI=1S/C13H18BrNO2/c14-12-7-10-3-6-17-13(10)11(8-12)9-15-4-1-2-5-16/h7-8,15-16H,1-6,9H2. The molecule has 0 fully saturated rings. The molecule has 17 heavy (non-hydrogen) atoms. The lowest BCUT2D eigenvalue weighted by Crippen LogP contribution is -2.15. The fourth-order valence-electron chi connectivity index (χ4n) is 2.06. The van der Waals surface area contributed by atoms with Gasteiger partial charge in [0.2, 0.25) is 0 Å². The van der Waals surface area contributed by atoms with Crippen molar-refractivity contribution in [3.63, 3.8) is 0 Å². The normalized spacial score (nSPS) is 13.5. The molecule has 0 amide bonds. The molecule has 4 heteroatoms. The van der Waals surface area contributed by atoms with Gasteiger partial charge in [-0.2, -0.15) is 0 Å². The third kappa shape index (κ3) is 3.44. The van der Waals surface area contributed by atoms with Gasteiger partial charge in [-0.05, 0) is 37.1 Å². The van der Waals surface area contributed by atoms with Gasteiger partial charge in [0.25, 0.3) is 0 Å². The largest absolute Gasteiger partial charge is 0.493 e. The van der Waals surface area contributed by atoms with Crippen LogP contribution in [0, 0.1) is 0 Å². The molecule has 94 valence electrons. The maximum atomic E-state index is 8.69. The van der Waals surface area contributed by atoms with Crippen molar-refractivity contribution in [3.8, 4) is 5.75 Å². The molecular formula is C13H18BrNO2. The highest BCUT2D eigenvalue weighted by molar-refractivity contribution is 9.10. The topological polar surface area (TPSA) is 41.5 Å². The summed E-state index contributed by atoms with van der Waals surface area (Å²) in [5.74, 6) is 1.06. The first kappa shape index (κ1) is 12.9. The summed E-state index contributed by atoms with van der Waals surface area (Å²) < 4.78 is 6.78. The summed E-state index contributed by atoms with van der Waals surface area (Å²) in [6.45, 7) is 2.83. The van der Waals surface area contributed by atoms with Crippen LogP contribution in [0.1, 0.15) is 24.0 Å². The Balaban J connectivity index is 1.92. The van der Waals surface area contributed by atoms with Gasteiger partial charge in [-0.15, -0.1) is 0 Å². The van der Waals surface area contributed by atoms with Crippen molar-refractivity contribution in [1.29, 1.82) is 0 Å². The van der Waals surface area contributed by atoms with Gasteiger partial charge in [-0.1, -0.05) is 15.9 Å². The van der Waals surface area contributed by atoms with E-state index in [9.17, 15) is 0 Å². The Labute approximate surface area is 110 Å². The summed E-state index contributed by atoms with van der Waals surface area (Å²) in [4.78, 5) is 0. The minimum absolute atomic E-state index is 0.275. The third-order valence-electron chi connectivity index (χ3n) is 2.90. The second kappa shape index (κ2) is 6.38. The van der Waals surface area contributed by atoms with Gasteiger partial charge in [0, 0.05) is 29.6 Å². The molecule has 1 aromatic rings. The Bertz CT molecular complexity index is 382. The zero-order valence-electron chi connectivity index (χ0n) is 9.84. The van der Waals surface area contributed by atoms with Gasteiger partial charge in [0.1, 0.15) is 5.75 Å². The summed E-state index contributed by atoms with van der Waals surface area (Å²) in [5, 5.41) is 12.1. The Hall–Kier alpha value is -0.580. The summed E-state index contributed by atoms with van der Waals surface area (Å²) in [6.07, 6.45) is 2.87. The Morgan fingerprint density at radius 1 is 1.35 bits per heavy atom. The van der Waals surface area contributed by atoms with Crippen LogP contribution in [0.5, 0.6) is 5.75 Å². The van der Waals surface area contributed by atoms with E-state index in [4.69, 9.17) is 9.84 Å². The quantitative estimate of drug-likeness (QED) is 0.792. The molecule has 2 rings (SSSR count). The zero-order chi connectivity index (χ0) is 12.1. The first-order valence-electron chi connectivity index (χ1n) is 6.07. The van der Waals surface area contributed by atoms with Crippen molar-refractivity contribution in [3.05, 3.63) is 27.7 Å². The molecule has 0 saturated carbocycles. The lowest BCUT2D eigenvalue weighted by molar-refractivity contribution is 0.283. The average Bonchev–Trinajstić information content (AvgIpc) is 2.76. The highest BCUT2D eigenvalue weighted by Gasteiger charge is 2.16. The molecule has 0 atom stereocenters. The van der Waals surface area contributed by atoms with Gasteiger partial charge in [0.05, 0.1) is 6.61 Å². The molecule has 0 aliphatic carbocycles. The Morgan fingerprint density at radius 2 is 2.24 bits per heavy atom. The van der Waals surface area contributed by atoms with Crippen LogP contribution in [-0.4, -0.2) is 24.9 Å². The van der Waals surface area contributed by atoms with E-state index in [1.54, 1.807) is 0 Å². The molecule has 1 aliphatic rings. The number of rotatable bonds is 6. The van der Waals surface area contributed by atoms with E-state index >= 15 is 0 Å². The van der Waals surface area contributed by atoms with Gasteiger partial charge in [0.15, 0.2) is 0 Å². The van der Waals surface area contributed by atoms with Crippen molar-refractivity contribution in [1.82, 2.24) is 5.32 Å². The molecule has 1 aliphatic heterocycles. The number of nitrogens with one attached hydrogen (secondary N) is 1. The Kier molecular flexibility index (Phi) is 4.83. The SMILES string of the molecule is OCCCCNCc1cc(Br)cc2c1OCC2. The van der Waals surface area contributed by atoms with Crippen LogP contribution in [0.3, 0.4) is 0 Å². The van der Waals surface area contributed by atoms with Crippen LogP contribution in [0.25, 0.3) is 0 Å². The molecule has 0 radical (unpaired) electrons. The number of aliphatic hydroxyl groups excluding tert-OH is 1. The second-order valence-electron chi connectivity index (χ2n) is 4.26. The van der Waals surface area contributed by atoms with Crippen molar-refractivity contribution in [2.75, 3.05) is 19.8 Å². The second-order valence-corrected chi connectivity index (χ2v) is 5.17. The van der Waals surface area contributed by atoms with Crippen molar-refractivity contribution >= 4 is 15.9 Å². The highest BCUT2D eigenvalue weighted by atomic mass is 79.9. The third-order valence-corrected chi connectivity index (χ3v) is 3.36. The van der Waals surface area contributed by atoms with E-state index in [2.05, 4.69) is 33.4 Å². The van der Waals surface area contributed by atoms with Gasteiger partial charge >= 0.3 is 0 Å². The smallest absolute Gasteiger partial charge is 0.127 e. The predicted molar refractivity (Wildman–Crippen MR) is 71.4 cm³/mol. The van der Waals surface area contributed by atoms with E-state index in [0.717, 1.165) is 49.2 Å². The average molecular weight is 300 g/mol. The maximum Gasteiger partial charge on any atom is 0.127 e. The molecule has 0 aromatic heterocycles. The lowest BCUT2D eigenvalue weighted by Gasteiger charge is -2.10. The van der Waals surface area contributed by atoms with Gasteiger partial charge in [-0.25, -0.2) is 0 Å². The fourth-order valence-corrected chi connectivity index (χ4v) is 2.61. The van der Waals surface area contributed by atoms with E-state index in [-0.39, 0.29) is 6.61 Å². The Morgan fingerprint density at radius 3 is 3.06 bits per heavy atom. The van der Waals surface area contributed by atoms with E-state index < -0.39 is 0 Å². The molecule has 2 N–H and O–H groups in total. The molecule has 0 saturated heterocycles. The maximum absolute atomic E-state index is 8.69. The molecular weight excluding hydrogens is 282 g/mol. The number of ether oxygens (including phenoxy) is 1. The van der Waals surface area contributed by atoms with E-state index in [0.29, 0.717) is 0 Å². The lowest BCUT2D eigenvalue weighted by atomic mass is 10.1. The van der Waals surface area contributed by atoms with Crippen LogP contribution in [-0.2, 0) is 13.0 Å². The first-order valence-corrected chi connectivity index (χ1v) is 6.86. The summed E-state index contributed by atoms with van der Waals surface area (Å²) in [7, 11) is 0. The van der Waals surface area contributed by atoms with Crippen LogP contribution >= 0.6 is 15.9 Å². The number of halogens is 1. The molecule has 1 aromatic carbocycles. The number of aliphatic hydroxyl groups is 1. The summed E-state index contributed by atoms with van der Waals surface area (Å²) in [5.41, 5.74) is 2.52. The minimum atomic E-state index is 0.275.